The predicted octanol–water partition coefficient (Wildman–Crippen LogP) is 0.740. The molecule has 118 valence electrons. The molecule has 0 N–H and O–H groups in total. The lowest BCUT2D eigenvalue weighted by molar-refractivity contribution is -0.133. The lowest BCUT2D eigenvalue weighted by Crippen LogP contribution is -2.41. The Labute approximate surface area is 129 Å². The number of hydrogen-bond donors (Lipinski definition) is 0. The van der Waals surface area contributed by atoms with E-state index in [1.54, 1.807) is 11.0 Å². The Kier molecular flexibility index (Phi) is 4.17. The van der Waals surface area contributed by atoms with Gasteiger partial charge < -0.3 is 4.90 Å². The van der Waals surface area contributed by atoms with Gasteiger partial charge in [-0.1, -0.05) is 0 Å². The van der Waals surface area contributed by atoms with Crippen LogP contribution in [0, 0.1) is 13.8 Å². The van der Waals surface area contributed by atoms with Gasteiger partial charge in [-0.15, -0.1) is 0 Å². The predicted molar refractivity (Wildman–Crippen MR) is 79.0 cm³/mol. The number of carbonyl (C=O) groups excluding carboxylic acids is 1. The van der Waals surface area contributed by atoms with Gasteiger partial charge in [0.05, 0.1) is 12.6 Å². The molecule has 1 atom stereocenters. The second kappa shape index (κ2) is 6.25. The molecule has 2 aromatic heterocycles. The molecule has 0 aromatic carbocycles. The average Bonchev–Trinajstić information content (AvgIpc) is 3.14. The van der Waals surface area contributed by atoms with Crippen molar-refractivity contribution in [2.45, 2.75) is 45.7 Å². The topological polar surface area (TPSA) is 81.7 Å². The summed E-state index contributed by atoms with van der Waals surface area (Å²) in [5, 5.41) is 8.48. The van der Waals surface area contributed by atoms with Crippen LogP contribution in [-0.2, 0) is 11.3 Å². The Bertz CT molecular complexity index is 634. The zero-order chi connectivity index (χ0) is 15.5. The Morgan fingerprint density at radius 1 is 1.41 bits per heavy atom. The van der Waals surface area contributed by atoms with Crippen LogP contribution in [0.4, 0.5) is 0 Å². The molecule has 3 rings (SSSR count). The first-order valence-corrected chi connectivity index (χ1v) is 7.63. The normalized spacial score (nSPS) is 18.6. The number of piperidine rings is 1. The maximum Gasteiger partial charge on any atom is 0.224 e. The molecule has 0 spiro atoms. The molecule has 1 amide bonds. The van der Waals surface area contributed by atoms with E-state index in [1.807, 2.05) is 23.4 Å². The largest absolute Gasteiger partial charge is 0.340 e. The number of aromatic nitrogens is 6. The van der Waals surface area contributed by atoms with Gasteiger partial charge in [0.1, 0.15) is 24.3 Å². The van der Waals surface area contributed by atoms with E-state index in [-0.39, 0.29) is 11.9 Å². The first-order chi connectivity index (χ1) is 10.6. The molecular weight excluding hydrogens is 282 g/mol. The average molecular weight is 303 g/mol. The third-order valence-electron chi connectivity index (χ3n) is 4.02. The summed E-state index contributed by atoms with van der Waals surface area (Å²) in [6.07, 6.45) is 5.60. The van der Waals surface area contributed by atoms with Gasteiger partial charge in [-0.25, -0.2) is 14.6 Å². The van der Waals surface area contributed by atoms with Gasteiger partial charge in [0.15, 0.2) is 0 Å². The van der Waals surface area contributed by atoms with E-state index >= 15 is 0 Å². The first kappa shape index (κ1) is 14.7. The van der Waals surface area contributed by atoms with Crippen LogP contribution < -0.4 is 0 Å². The fourth-order valence-corrected chi connectivity index (χ4v) is 2.98. The fraction of sp³-hybridized carbons (Fsp3) is 0.643. The highest BCUT2D eigenvalue weighted by Gasteiger charge is 2.26. The summed E-state index contributed by atoms with van der Waals surface area (Å²) in [6, 6.07) is 0.227. The van der Waals surface area contributed by atoms with Gasteiger partial charge >= 0.3 is 0 Å². The van der Waals surface area contributed by atoms with E-state index in [4.69, 9.17) is 0 Å². The van der Waals surface area contributed by atoms with Crippen LogP contribution in [0.1, 0.15) is 37.0 Å². The third-order valence-corrected chi connectivity index (χ3v) is 4.02. The van der Waals surface area contributed by atoms with Gasteiger partial charge in [0.25, 0.3) is 0 Å². The van der Waals surface area contributed by atoms with Crippen LogP contribution in [0.15, 0.2) is 12.7 Å². The number of nitrogens with zero attached hydrogens (tertiary/aromatic N) is 7. The Morgan fingerprint density at radius 3 is 2.95 bits per heavy atom. The van der Waals surface area contributed by atoms with E-state index < -0.39 is 0 Å². The molecule has 0 bridgehead atoms. The third kappa shape index (κ3) is 3.15. The van der Waals surface area contributed by atoms with Crippen LogP contribution in [0.2, 0.25) is 0 Å². The van der Waals surface area contributed by atoms with Gasteiger partial charge in [0, 0.05) is 19.5 Å². The standard InChI is InChI=1S/C14H21N7O/c1-11-17-12(2)21(18-11)13-4-3-6-19(8-13)14(22)5-7-20-10-15-9-16-20/h9-10,13H,3-8H2,1-2H3. The second-order valence-corrected chi connectivity index (χ2v) is 5.70. The number of amides is 1. The highest BCUT2D eigenvalue weighted by atomic mass is 16.2. The summed E-state index contributed by atoms with van der Waals surface area (Å²) in [5.74, 6) is 1.86. The Morgan fingerprint density at radius 2 is 2.27 bits per heavy atom. The molecule has 3 heterocycles. The smallest absolute Gasteiger partial charge is 0.224 e. The Balaban J connectivity index is 1.60. The minimum atomic E-state index is 0.162. The first-order valence-electron chi connectivity index (χ1n) is 7.63. The SMILES string of the molecule is Cc1nc(C)n(C2CCCN(C(=O)CCn3cncn3)C2)n1. The maximum absolute atomic E-state index is 12.4. The molecular formula is C14H21N7O. The zero-order valence-electron chi connectivity index (χ0n) is 13.0. The molecule has 1 aliphatic rings. The summed E-state index contributed by atoms with van der Waals surface area (Å²) in [6.45, 7) is 5.96. The molecule has 0 saturated carbocycles. The van der Waals surface area contributed by atoms with E-state index in [0.29, 0.717) is 19.5 Å². The van der Waals surface area contributed by atoms with E-state index in [9.17, 15) is 4.79 Å². The van der Waals surface area contributed by atoms with Crippen molar-refractivity contribution in [3.63, 3.8) is 0 Å². The lowest BCUT2D eigenvalue weighted by atomic mass is 10.1. The fourth-order valence-electron chi connectivity index (χ4n) is 2.98. The molecule has 1 aliphatic heterocycles. The van der Waals surface area contributed by atoms with E-state index in [1.165, 1.54) is 6.33 Å². The lowest BCUT2D eigenvalue weighted by Gasteiger charge is -2.33. The summed E-state index contributed by atoms with van der Waals surface area (Å²) in [7, 11) is 0. The molecule has 8 heteroatoms. The maximum atomic E-state index is 12.4. The van der Waals surface area contributed by atoms with Gasteiger partial charge in [-0.3, -0.25) is 9.48 Å². The minimum Gasteiger partial charge on any atom is -0.340 e. The summed E-state index contributed by atoms with van der Waals surface area (Å²) in [4.78, 5) is 22.6. The minimum absolute atomic E-state index is 0.162. The molecule has 1 saturated heterocycles. The van der Waals surface area contributed by atoms with Crippen molar-refractivity contribution in [3.8, 4) is 0 Å². The van der Waals surface area contributed by atoms with E-state index in [0.717, 1.165) is 31.0 Å². The van der Waals surface area contributed by atoms with Crippen molar-refractivity contribution in [2.75, 3.05) is 13.1 Å². The molecule has 2 aromatic rings. The van der Waals surface area contributed by atoms with Gasteiger partial charge in [-0.05, 0) is 26.7 Å². The van der Waals surface area contributed by atoms with Crippen LogP contribution in [0.5, 0.6) is 0 Å². The summed E-state index contributed by atoms with van der Waals surface area (Å²) < 4.78 is 3.65. The number of aryl methyl sites for hydroxylation is 3. The molecule has 8 nitrogen and oxygen atoms in total. The number of hydrogen-bond acceptors (Lipinski definition) is 5. The highest BCUT2D eigenvalue weighted by Crippen LogP contribution is 2.22. The highest BCUT2D eigenvalue weighted by molar-refractivity contribution is 5.76. The summed E-state index contributed by atoms with van der Waals surface area (Å²) in [5.41, 5.74) is 0. The number of likely N-dealkylation sites (tertiary alicyclic amines) is 1. The molecule has 1 fully saturated rings. The van der Waals surface area contributed by atoms with Crippen molar-refractivity contribution >= 4 is 5.91 Å². The van der Waals surface area contributed by atoms with Crippen molar-refractivity contribution < 1.29 is 4.79 Å². The monoisotopic (exact) mass is 303 g/mol. The van der Waals surface area contributed by atoms with Crippen LogP contribution >= 0.6 is 0 Å². The molecule has 1 unspecified atom stereocenters. The van der Waals surface area contributed by atoms with Gasteiger partial charge in [0.2, 0.25) is 5.91 Å². The van der Waals surface area contributed by atoms with E-state index in [2.05, 4.69) is 20.2 Å². The van der Waals surface area contributed by atoms with Crippen molar-refractivity contribution in [1.29, 1.82) is 0 Å². The van der Waals surface area contributed by atoms with Gasteiger partial charge in [-0.2, -0.15) is 10.2 Å². The van der Waals surface area contributed by atoms with Crippen LogP contribution in [-0.4, -0.2) is 53.4 Å². The summed E-state index contributed by atoms with van der Waals surface area (Å²) >= 11 is 0. The molecule has 22 heavy (non-hydrogen) atoms. The zero-order valence-corrected chi connectivity index (χ0v) is 13.0. The van der Waals surface area contributed by atoms with Crippen LogP contribution in [0.25, 0.3) is 0 Å². The molecule has 0 aliphatic carbocycles. The number of carbonyl (C=O) groups is 1. The van der Waals surface area contributed by atoms with Crippen molar-refractivity contribution in [3.05, 3.63) is 24.3 Å². The molecule has 0 radical (unpaired) electrons. The quantitative estimate of drug-likeness (QED) is 0.832. The second-order valence-electron chi connectivity index (χ2n) is 5.70. The Hall–Kier alpha value is -2.25. The van der Waals surface area contributed by atoms with Crippen LogP contribution in [0.3, 0.4) is 0 Å². The van der Waals surface area contributed by atoms with Crippen molar-refractivity contribution in [1.82, 2.24) is 34.4 Å². The number of rotatable bonds is 4. The van der Waals surface area contributed by atoms with Crippen molar-refractivity contribution in [2.24, 2.45) is 0 Å².